The lowest BCUT2D eigenvalue weighted by Crippen LogP contribution is -2.46. The van der Waals surface area contributed by atoms with E-state index in [1.165, 1.54) is 4.57 Å². The second-order valence-electron chi connectivity index (χ2n) is 5.66. The Labute approximate surface area is 159 Å². The fraction of sp³-hybridized carbons (Fsp3) is 0.105. The predicted molar refractivity (Wildman–Crippen MR) is 98.9 cm³/mol. The van der Waals surface area contributed by atoms with Crippen LogP contribution in [0.1, 0.15) is 5.56 Å². The van der Waals surface area contributed by atoms with Crippen molar-refractivity contribution in [2.45, 2.75) is 6.54 Å². The number of para-hydroxylation sites is 3. The van der Waals surface area contributed by atoms with Gasteiger partial charge in [0.15, 0.2) is 6.61 Å². The average molecular weight is 377 g/mol. The van der Waals surface area contributed by atoms with Gasteiger partial charge in [-0.05, 0) is 24.3 Å². The molecule has 28 heavy (non-hydrogen) atoms. The van der Waals surface area contributed by atoms with E-state index in [4.69, 9.17) is 10.00 Å². The van der Waals surface area contributed by atoms with E-state index in [1.54, 1.807) is 48.5 Å². The van der Waals surface area contributed by atoms with Crippen LogP contribution in [0.15, 0.2) is 59.5 Å². The van der Waals surface area contributed by atoms with E-state index in [0.717, 1.165) is 6.20 Å². The van der Waals surface area contributed by atoms with Crippen LogP contribution in [0.25, 0.3) is 11.0 Å². The Bertz CT molecular complexity index is 1130. The number of amides is 2. The molecule has 0 unspecified atom stereocenters. The second kappa shape index (κ2) is 8.46. The van der Waals surface area contributed by atoms with Crippen LogP contribution >= 0.6 is 0 Å². The Morgan fingerprint density at radius 1 is 1.07 bits per heavy atom. The van der Waals surface area contributed by atoms with Gasteiger partial charge < -0.3 is 4.74 Å². The second-order valence-corrected chi connectivity index (χ2v) is 5.66. The van der Waals surface area contributed by atoms with Crippen LogP contribution in [-0.2, 0) is 16.1 Å². The topological polar surface area (TPSA) is 126 Å². The first kappa shape index (κ1) is 18.6. The maximum Gasteiger partial charge on any atom is 0.276 e. The molecule has 9 nitrogen and oxygen atoms in total. The summed E-state index contributed by atoms with van der Waals surface area (Å²) in [5.74, 6) is -0.946. The lowest BCUT2D eigenvalue weighted by Gasteiger charge is -2.11. The molecule has 0 bridgehead atoms. The number of hydrogen-bond acceptors (Lipinski definition) is 6. The van der Waals surface area contributed by atoms with E-state index in [2.05, 4.69) is 15.8 Å². The van der Waals surface area contributed by atoms with Gasteiger partial charge in [-0.1, -0.05) is 24.3 Å². The monoisotopic (exact) mass is 377 g/mol. The van der Waals surface area contributed by atoms with Crippen LogP contribution in [0, 0.1) is 11.3 Å². The molecule has 2 N–H and O–H groups in total. The van der Waals surface area contributed by atoms with Crippen LogP contribution in [0.5, 0.6) is 5.75 Å². The van der Waals surface area contributed by atoms with Gasteiger partial charge in [0.25, 0.3) is 17.4 Å². The Morgan fingerprint density at radius 3 is 2.61 bits per heavy atom. The molecule has 0 saturated heterocycles. The van der Waals surface area contributed by atoms with Crippen molar-refractivity contribution < 1.29 is 14.3 Å². The van der Waals surface area contributed by atoms with Gasteiger partial charge in [0.05, 0.1) is 22.8 Å². The zero-order valence-electron chi connectivity index (χ0n) is 14.6. The van der Waals surface area contributed by atoms with Gasteiger partial charge in [0.1, 0.15) is 18.4 Å². The van der Waals surface area contributed by atoms with Crippen molar-refractivity contribution in [1.29, 1.82) is 5.26 Å². The van der Waals surface area contributed by atoms with Crippen LogP contribution in [0.4, 0.5) is 0 Å². The van der Waals surface area contributed by atoms with Gasteiger partial charge in [0.2, 0.25) is 0 Å². The van der Waals surface area contributed by atoms with Crippen molar-refractivity contribution in [3.8, 4) is 11.8 Å². The van der Waals surface area contributed by atoms with Gasteiger partial charge >= 0.3 is 0 Å². The van der Waals surface area contributed by atoms with Crippen molar-refractivity contribution in [1.82, 2.24) is 20.4 Å². The minimum absolute atomic E-state index is 0.265. The number of fused-ring (bicyclic) bond motifs is 1. The van der Waals surface area contributed by atoms with Gasteiger partial charge in [-0.2, -0.15) is 5.26 Å². The molecule has 0 radical (unpaired) electrons. The molecule has 3 aromatic rings. The number of nitrogens with zero attached hydrogens (tertiary/aromatic N) is 3. The highest BCUT2D eigenvalue weighted by atomic mass is 16.5. The molecule has 1 aromatic heterocycles. The third kappa shape index (κ3) is 4.31. The molecule has 0 aliphatic carbocycles. The standard InChI is InChI=1S/C19H15N5O4/c20-9-13-5-1-4-8-16(13)28-12-18(26)23-22-17(25)11-24-15-7-3-2-6-14(15)21-10-19(24)27/h1-8,10H,11-12H2,(H,22,25)(H,23,26). The fourth-order valence-corrected chi connectivity index (χ4v) is 2.46. The Balaban J connectivity index is 1.56. The summed E-state index contributed by atoms with van der Waals surface area (Å²) in [6, 6.07) is 15.3. The molecule has 140 valence electrons. The first-order valence-corrected chi connectivity index (χ1v) is 8.22. The first-order valence-electron chi connectivity index (χ1n) is 8.22. The molecule has 0 aliphatic rings. The molecule has 0 saturated carbocycles. The molecule has 9 heteroatoms. The third-order valence-corrected chi connectivity index (χ3v) is 3.76. The van der Waals surface area contributed by atoms with Crippen LogP contribution in [0.3, 0.4) is 0 Å². The smallest absolute Gasteiger partial charge is 0.276 e. The highest BCUT2D eigenvalue weighted by Crippen LogP contribution is 2.16. The van der Waals surface area contributed by atoms with Crippen molar-refractivity contribution in [2.75, 3.05) is 6.61 Å². The molecule has 0 aliphatic heterocycles. The van der Waals surface area contributed by atoms with E-state index < -0.39 is 24.0 Å². The van der Waals surface area contributed by atoms with Crippen LogP contribution < -0.4 is 21.1 Å². The van der Waals surface area contributed by atoms with Crippen molar-refractivity contribution in [3.05, 3.63) is 70.6 Å². The zero-order chi connectivity index (χ0) is 19.9. The van der Waals surface area contributed by atoms with Crippen molar-refractivity contribution in [2.24, 2.45) is 0 Å². The molecule has 0 fully saturated rings. The largest absolute Gasteiger partial charge is 0.482 e. The fourth-order valence-electron chi connectivity index (χ4n) is 2.46. The van der Waals surface area contributed by atoms with Gasteiger partial charge in [-0.15, -0.1) is 0 Å². The molecule has 1 heterocycles. The number of hydrazine groups is 1. The maximum atomic E-state index is 12.1. The number of nitrogens with one attached hydrogen (secondary N) is 2. The summed E-state index contributed by atoms with van der Waals surface area (Å²) >= 11 is 0. The summed E-state index contributed by atoms with van der Waals surface area (Å²) in [5, 5.41) is 8.98. The summed E-state index contributed by atoms with van der Waals surface area (Å²) in [6.07, 6.45) is 1.13. The summed E-state index contributed by atoms with van der Waals surface area (Å²) in [5.41, 5.74) is 5.37. The van der Waals surface area contributed by atoms with Gasteiger partial charge in [0, 0.05) is 0 Å². The van der Waals surface area contributed by atoms with E-state index in [9.17, 15) is 14.4 Å². The summed E-state index contributed by atoms with van der Waals surface area (Å²) in [4.78, 5) is 40.0. The van der Waals surface area contributed by atoms with E-state index in [1.807, 2.05) is 6.07 Å². The molecule has 0 atom stereocenters. The number of carbonyl (C=O) groups is 2. The predicted octanol–water partition coefficient (Wildman–Crippen LogP) is 0.495. The van der Waals surface area contributed by atoms with E-state index in [-0.39, 0.29) is 12.3 Å². The number of hydrogen-bond donors (Lipinski definition) is 2. The summed E-state index contributed by atoms with van der Waals surface area (Å²) in [7, 11) is 0. The number of aromatic nitrogens is 2. The quantitative estimate of drug-likeness (QED) is 0.624. The van der Waals surface area contributed by atoms with E-state index in [0.29, 0.717) is 16.6 Å². The minimum atomic E-state index is -0.618. The number of nitriles is 1. The maximum absolute atomic E-state index is 12.1. The zero-order valence-corrected chi connectivity index (χ0v) is 14.6. The lowest BCUT2D eigenvalue weighted by molar-refractivity contribution is -0.130. The number of carbonyl (C=O) groups excluding carboxylic acids is 2. The average Bonchev–Trinajstić information content (AvgIpc) is 2.73. The van der Waals surface area contributed by atoms with Gasteiger partial charge in [-0.25, -0.2) is 4.98 Å². The normalized spacial score (nSPS) is 10.1. The summed E-state index contributed by atoms with van der Waals surface area (Å²) < 4.78 is 6.52. The molecule has 3 rings (SSSR count). The van der Waals surface area contributed by atoms with E-state index >= 15 is 0 Å². The molecular weight excluding hydrogens is 362 g/mol. The first-order chi connectivity index (χ1) is 13.6. The number of benzene rings is 2. The molecular formula is C19H15N5O4. The summed E-state index contributed by atoms with van der Waals surface area (Å²) in [6.45, 7) is -0.683. The molecule has 2 amide bonds. The minimum Gasteiger partial charge on any atom is -0.482 e. The van der Waals surface area contributed by atoms with Crippen LogP contribution in [0.2, 0.25) is 0 Å². The highest BCUT2D eigenvalue weighted by Gasteiger charge is 2.11. The lowest BCUT2D eigenvalue weighted by atomic mass is 10.2. The molecule has 2 aromatic carbocycles. The highest BCUT2D eigenvalue weighted by molar-refractivity contribution is 5.84. The van der Waals surface area contributed by atoms with Crippen molar-refractivity contribution >= 4 is 22.8 Å². The van der Waals surface area contributed by atoms with Gasteiger partial charge in [-0.3, -0.25) is 29.8 Å². The number of ether oxygens (including phenoxy) is 1. The Morgan fingerprint density at radius 2 is 1.79 bits per heavy atom. The molecule has 0 spiro atoms. The van der Waals surface area contributed by atoms with Crippen molar-refractivity contribution in [3.63, 3.8) is 0 Å². The number of rotatable bonds is 5. The Hall–Kier alpha value is -4.19. The Kier molecular flexibility index (Phi) is 5.62. The third-order valence-electron chi connectivity index (χ3n) is 3.76. The SMILES string of the molecule is N#Cc1ccccc1OCC(=O)NNC(=O)Cn1c(=O)cnc2ccccc21. The van der Waals surface area contributed by atoms with Crippen LogP contribution in [-0.4, -0.2) is 28.0 Å².